The maximum Gasteiger partial charge on any atom is 0.331 e. The number of fused-ring (bicyclic) bond motifs is 1. The zero-order chi connectivity index (χ0) is 24.4. The molecule has 3 aromatic rings. The molecule has 2 aromatic heterocycles. The van der Waals surface area contributed by atoms with E-state index in [1.807, 2.05) is 0 Å². The highest BCUT2D eigenvalue weighted by Crippen LogP contribution is 2.37. The number of hydrogen-bond donors (Lipinski definition) is 7. The summed E-state index contributed by atoms with van der Waals surface area (Å²) in [5, 5.41) is 12.7. The maximum absolute atomic E-state index is 12.7. The van der Waals surface area contributed by atoms with Gasteiger partial charge in [0.2, 0.25) is 5.95 Å². The summed E-state index contributed by atoms with van der Waals surface area (Å²) in [6, 6.07) is 7.34. The summed E-state index contributed by atoms with van der Waals surface area (Å²) in [6.07, 6.45) is -0.0400. The number of nitrogens with one attached hydrogen (secondary N) is 2. The number of nitrogens with zero attached hydrogens (tertiary/aromatic N) is 2. The van der Waals surface area contributed by atoms with Gasteiger partial charge in [-0.05, 0) is 42.3 Å². The Morgan fingerprint density at radius 3 is 2.48 bits per heavy atom. The van der Waals surface area contributed by atoms with Crippen molar-refractivity contribution in [1.82, 2.24) is 15.0 Å². The Kier molecular flexibility index (Phi) is 6.60. The van der Waals surface area contributed by atoms with E-state index in [4.69, 9.17) is 21.3 Å². The number of carbonyl (C=O) groups is 2. The van der Waals surface area contributed by atoms with Gasteiger partial charge in [0.1, 0.15) is 0 Å². The number of aliphatic carboxylic acids is 1. The van der Waals surface area contributed by atoms with Gasteiger partial charge in [-0.1, -0.05) is 0 Å². The van der Waals surface area contributed by atoms with Crippen molar-refractivity contribution in [2.24, 2.45) is 5.73 Å². The van der Waals surface area contributed by atoms with E-state index in [0.29, 0.717) is 11.3 Å². The minimum atomic E-state index is -4.54. The topological polar surface area (TPSA) is 235 Å². The molecule has 9 N–H and O–H groups in total. The Balaban J connectivity index is 1.72. The number of rotatable bonds is 9. The molecule has 1 atom stereocenters. The fraction of sp³-hybridized carbons (Fsp3) is 0.211. The number of pyridine rings is 1. The molecular formula is C19H21N6O7P. The van der Waals surface area contributed by atoms with Gasteiger partial charge in [0, 0.05) is 24.0 Å². The highest BCUT2D eigenvalue weighted by atomic mass is 31.2. The summed E-state index contributed by atoms with van der Waals surface area (Å²) in [5.41, 5.74) is 9.73. The number of carboxylic acids is 1. The van der Waals surface area contributed by atoms with Crippen LogP contribution >= 0.6 is 7.60 Å². The minimum absolute atomic E-state index is 0.0290. The van der Waals surface area contributed by atoms with E-state index in [1.165, 1.54) is 30.5 Å². The van der Waals surface area contributed by atoms with E-state index in [9.17, 15) is 24.1 Å². The smallest absolute Gasteiger partial charge is 0.331 e. The highest BCUT2D eigenvalue weighted by molar-refractivity contribution is 7.51. The zero-order valence-corrected chi connectivity index (χ0v) is 18.0. The van der Waals surface area contributed by atoms with Crippen molar-refractivity contribution >= 4 is 42.0 Å². The Bertz CT molecular complexity index is 1320. The molecule has 0 aliphatic carbocycles. The summed E-state index contributed by atoms with van der Waals surface area (Å²) in [5.74, 6) is -2.69. The molecule has 174 valence electrons. The average molecular weight is 476 g/mol. The largest absolute Gasteiger partial charge is 0.480 e. The summed E-state index contributed by atoms with van der Waals surface area (Å²) in [4.78, 5) is 64.7. The van der Waals surface area contributed by atoms with Crippen LogP contribution in [0, 0.1) is 0 Å². The van der Waals surface area contributed by atoms with Gasteiger partial charge in [-0.3, -0.25) is 19.1 Å². The molecule has 13 nitrogen and oxygen atoms in total. The maximum atomic E-state index is 12.7. The molecule has 0 spiro atoms. The molecule has 0 aliphatic rings. The van der Waals surface area contributed by atoms with Gasteiger partial charge in [0.05, 0.1) is 11.5 Å². The van der Waals surface area contributed by atoms with Gasteiger partial charge in [-0.25, -0.2) is 9.78 Å². The van der Waals surface area contributed by atoms with Gasteiger partial charge in [-0.15, -0.1) is 0 Å². The number of carbonyl (C=O) groups excluding carboxylic acids is 1. The van der Waals surface area contributed by atoms with Crippen LogP contribution in [-0.2, 0) is 15.9 Å². The van der Waals surface area contributed by atoms with Crippen molar-refractivity contribution in [3.63, 3.8) is 0 Å². The van der Waals surface area contributed by atoms with Crippen LogP contribution in [0.3, 0.4) is 0 Å². The number of anilines is 2. The molecule has 0 aliphatic heterocycles. The van der Waals surface area contributed by atoms with Gasteiger partial charge in [0.25, 0.3) is 5.56 Å². The Labute approximate surface area is 186 Å². The number of ketones is 1. The van der Waals surface area contributed by atoms with Crippen molar-refractivity contribution < 1.29 is 29.0 Å². The molecule has 0 saturated carbocycles. The fourth-order valence-corrected chi connectivity index (χ4v) is 3.66. The van der Waals surface area contributed by atoms with Crippen LogP contribution in [0.4, 0.5) is 11.6 Å². The molecular weight excluding hydrogens is 455 g/mol. The highest BCUT2D eigenvalue weighted by Gasteiger charge is 2.43. The summed E-state index contributed by atoms with van der Waals surface area (Å²) in [7, 11) is -4.54. The first-order valence-corrected chi connectivity index (χ1v) is 11.3. The lowest BCUT2D eigenvalue weighted by Gasteiger charge is -2.23. The number of benzene rings is 1. The first-order valence-electron chi connectivity index (χ1n) is 9.49. The first kappa shape index (κ1) is 24.0. The molecule has 14 heteroatoms. The lowest BCUT2D eigenvalue weighted by Crippen LogP contribution is -2.55. The van der Waals surface area contributed by atoms with Crippen LogP contribution in [0.15, 0.2) is 41.3 Å². The second kappa shape index (κ2) is 9.08. The van der Waals surface area contributed by atoms with Gasteiger partial charge in [-0.2, -0.15) is 4.98 Å². The van der Waals surface area contributed by atoms with Crippen LogP contribution < -0.4 is 22.3 Å². The van der Waals surface area contributed by atoms with E-state index in [1.54, 1.807) is 6.07 Å². The number of hydrogen-bond acceptors (Lipinski definition) is 9. The van der Waals surface area contributed by atoms with Gasteiger partial charge < -0.3 is 31.7 Å². The normalized spacial score (nSPS) is 13.4. The molecule has 0 amide bonds. The molecule has 3 rings (SSSR count). The number of carboxylic acid groups (broad SMARTS) is 1. The summed E-state index contributed by atoms with van der Waals surface area (Å²) >= 11 is 0. The lowest BCUT2D eigenvalue weighted by atomic mass is 9.87. The van der Waals surface area contributed by atoms with Crippen LogP contribution in [0.5, 0.6) is 0 Å². The quantitative estimate of drug-likeness (QED) is 0.123. The Morgan fingerprint density at radius 1 is 1.21 bits per heavy atom. The Hall–Kier alpha value is -3.64. The third-order valence-electron chi connectivity index (χ3n) is 4.86. The standard InChI is InChI=1S/C19H21N6O7P/c20-18-24-15-13(16(27)25-18)7-10(9-23-15)8-22-12-3-1-11(2-4-12)14(26)19(21,17(28)29)5-6-33(30,31)32/h1-4,7,9,22H,5-6,8,21H2,(H,28,29)(H2,30,31,32)(H3,20,23,24,25,27). The lowest BCUT2D eigenvalue weighted by molar-refractivity contribution is -0.141. The second-order valence-corrected chi connectivity index (χ2v) is 9.12. The average Bonchev–Trinajstić information content (AvgIpc) is 2.75. The molecule has 1 aromatic carbocycles. The predicted molar refractivity (Wildman–Crippen MR) is 119 cm³/mol. The van der Waals surface area contributed by atoms with Crippen LogP contribution in [0.25, 0.3) is 11.0 Å². The van der Waals surface area contributed by atoms with Crippen molar-refractivity contribution in [2.75, 3.05) is 17.2 Å². The van der Waals surface area contributed by atoms with Crippen molar-refractivity contribution in [2.45, 2.75) is 18.5 Å². The summed E-state index contributed by atoms with van der Waals surface area (Å²) in [6.45, 7) is 0.276. The predicted octanol–water partition coefficient (Wildman–Crippen LogP) is 0.0450. The number of H-pyrrole nitrogens is 1. The van der Waals surface area contributed by atoms with Crippen molar-refractivity contribution in [1.29, 1.82) is 0 Å². The zero-order valence-electron chi connectivity index (χ0n) is 17.1. The van der Waals surface area contributed by atoms with Crippen molar-refractivity contribution in [3.8, 4) is 0 Å². The molecule has 0 bridgehead atoms. The second-order valence-electron chi connectivity index (χ2n) is 7.34. The molecule has 0 saturated heterocycles. The van der Waals surface area contributed by atoms with E-state index in [-0.39, 0.29) is 29.1 Å². The molecule has 0 fully saturated rings. The molecule has 33 heavy (non-hydrogen) atoms. The van der Waals surface area contributed by atoms with Gasteiger partial charge in [0.15, 0.2) is 17.0 Å². The van der Waals surface area contributed by atoms with Gasteiger partial charge >= 0.3 is 13.6 Å². The van der Waals surface area contributed by atoms with Crippen molar-refractivity contribution in [3.05, 3.63) is 58.0 Å². The van der Waals surface area contributed by atoms with Crippen LogP contribution in [-0.4, -0.2) is 53.3 Å². The van der Waals surface area contributed by atoms with E-state index in [0.717, 1.165) is 0 Å². The fourth-order valence-electron chi connectivity index (χ4n) is 3.02. The monoisotopic (exact) mass is 476 g/mol. The number of nitrogens with two attached hydrogens (primary N) is 2. The van der Waals surface area contributed by atoms with E-state index >= 15 is 0 Å². The first-order chi connectivity index (χ1) is 15.4. The number of Topliss-reactive ketones (excluding diaryl/α,β-unsaturated/α-hetero) is 1. The van der Waals surface area contributed by atoms with E-state index < -0.39 is 43.0 Å². The van der Waals surface area contributed by atoms with E-state index in [2.05, 4.69) is 20.3 Å². The Morgan fingerprint density at radius 2 is 1.88 bits per heavy atom. The number of aromatic amines is 1. The van der Waals surface area contributed by atoms with Crippen LogP contribution in [0.2, 0.25) is 0 Å². The molecule has 1 unspecified atom stereocenters. The number of aromatic nitrogens is 3. The SMILES string of the molecule is Nc1nc2ncc(CNc3ccc(C(=O)C(N)(CCP(=O)(O)O)C(=O)O)cc3)cc2c(=O)[nH]1. The third-order valence-corrected chi connectivity index (χ3v) is 5.67. The third kappa shape index (κ3) is 5.59. The van der Waals surface area contributed by atoms with Crippen LogP contribution in [0.1, 0.15) is 22.3 Å². The molecule has 0 radical (unpaired) electrons. The number of nitrogen functional groups attached to an aromatic ring is 1. The minimum Gasteiger partial charge on any atom is -0.480 e. The molecule has 2 heterocycles. The summed E-state index contributed by atoms with van der Waals surface area (Å²) < 4.78 is 11.1.